The number of benzene rings is 3. The van der Waals surface area contributed by atoms with E-state index >= 15 is 0 Å². The van der Waals surface area contributed by atoms with E-state index < -0.39 is 20.9 Å². The van der Waals surface area contributed by atoms with Gasteiger partial charge in [-0.15, -0.1) is 0 Å². The number of nitro groups is 1. The molecule has 0 fully saturated rings. The Kier molecular flexibility index (Phi) is 6.81. The van der Waals surface area contributed by atoms with Gasteiger partial charge in [0.05, 0.1) is 22.1 Å². The predicted octanol–water partition coefficient (Wildman–Crippen LogP) is 4.35. The van der Waals surface area contributed by atoms with E-state index in [4.69, 9.17) is 11.6 Å². The van der Waals surface area contributed by atoms with Crippen LogP contribution in [0.5, 0.6) is 0 Å². The smallest absolute Gasteiger partial charge is 0.274 e. The summed E-state index contributed by atoms with van der Waals surface area (Å²) in [5.74, 6) is -0.467. The lowest BCUT2D eigenvalue weighted by molar-refractivity contribution is -0.385. The van der Waals surface area contributed by atoms with E-state index in [1.807, 2.05) is 0 Å². The van der Waals surface area contributed by atoms with Crippen molar-refractivity contribution < 1.29 is 18.1 Å². The Bertz CT molecular complexity index is 1280. The van der Waals surface area contributed by atoms with Gasteiger partial charge in [0.25, 0.3) is 21.6 Å². The number of para-hydroxylation sites is 1. The van der Waals surface area contributed by atoms with Crippen molar-refractivity contribution in [1.82, 2.24) is 4.90 Å². The zero-order valence-electron chi connectivity index (χ0n) is 17.3. The van der Waals surface area contributed by atoms with Gasteiger partial charge in [0.1, 0.15) is 0 Å². The molecule has 0 radical (unpaired) electrons. The van der Waals surface area contributed by atoms with Crippen molar-refractivity contribution in [1.29, 1.82) is 0 Å². The molecule has 0 aliphatic rings. The first-order chi connectivity index (χ1) is 15.1. The summed E-state index contributed by atoms with van der Waals surface area (Å²) in [5, 5.41) is 11.6. The number of sulfonamides is 1. The number of nitro benzene ring substituents is 1. The van der Waals surface area contributed by atoms with Crippen molar-refractivity contribution in [3.63, 3.8) is 0 Å². The minimum absolute atomic E-state index is 0.00458. The molecule has 0 atom stereocenters. The largest absolute Gasteiger partial charge is 0.337 e. The summed E-state index contributed by atoms with van der Waals surface area (Å²) in [7, 11) is -1.06. The molecular formula is C22H20ClN3O5S. The lowest BCUT2D eigenvalue weighted by Gasteiger charge is -2.21. The maximum absolute atomic E-state index is 13.1. The number of hydrogen-bond donors (Lipinski definition) is 0. The molecule has 3 aromatic rings. The molecule has 0 N–H and O–H groups in total. The summed E-state index contributed by atoms with van der Waals surface area (Å²) in [4.78, 5) is 24.9. The molecule has 0 saturated carbocycles. The van der Waals surface area contributed by atoms with Crippen molar-refractivity contribution in [3.05, 3.63) is 99.1 Å². The fourth-order valence-corrected chi connectivity index (χ4v) is 4.55. The maximum Gasteiger partial charge on any atom is 0.274 e. The van der Waals surface area contributed by atoms with Crippen LogP contribution in [0.25, 0.3) is 0 Å². The monoisotopic (exact) mass is 473 g/mol. The molecule has 0 saturated heterocycles. The first-order valence-electron chi connectivity index (χ1n) is 9.43. The average molecular weight is 474 g/mol. The van der Waals surface area contributed by atoms with E-state index in [1.165, 1.54) is 55.4 Å². The summed E-state index contributed by atoms with van der Waals surface area (Å²) in [6.07, 6.45) is 0. The molecule has 0 spiro atoms. The van der Waals surface area contributed by atoms with Gasteiger partial charge in [-0.25, -0.2) is 8.42 Å². The molecular weight excluding hydrogens is 454 g/mol. The van der Waals surface area contributed by atoms with E-state index in [0.717, 1.165) is 4.31 Å². The Hall–Kier alpha value is -3.43. The van der Waals surface area contributed by atoms with Crippen LogP contribution < -0.4 is 4.31 Å². The Morgan fingerprint density at radius 3 is 2.38 bits per heavy atom. The molecule has 0 aliphatic carbocycles. The van der Waals surface area contributed by atoms with E-state index in [2.05, 4.69) is 0 Å². The number of amides is 1. The fourth-order valence-electron chi connectivity index (χ4n) is 3.13. The van der Waals surface area contributed by atoms with Crippen LogP contribution in [0.2, 0.25) is 5.02 Å². The Morgan fingerprint density at radius 1 is 1.00 bits per heavy atom. The highest BCUT2D eigenvalue weighted by molar-refractivity contribution is 7.92. The third-order valence-electron chi connectivity index (χ3n) is 4.85. The normalized spacial score (nSPS) is 11.1. The van der Waals surface area contributed by atoms with Crippen LogP contribution in [0, 0.1) is 10.1 Å². The summed E-state index contributed by atoms with van der Waals surface area (Å²) in [6, 6.07) is 18.2. The van der Waals surface area contributed by atoms with Crippen LogP contribution >= 0.6 is 11.6 Å². The van der Waals surface area contributed by atoms with Crippen LogP contribution in [-0.2, 0) is 16.6 Å². The summed E-state index contributed by atoms with van der Waals surface area (Å²) >= 11 is 5.97. The van der Waals surface area contributed by atoms with Gasteiger partial charge >= 0.3 is 0 Å². The number of halogens is 1. The van der Waals surface area contributed by atoms with E-state index in [-0.39, 0.29) is 22.7 Å². The second-order valence-corrected chi connectivity index (χ2v) is 9.43. The highest BCUT2D eigenvalue weighted by Crippen LogP contribution is 2.26. The lowest BCUT2D eigenvalue weighted by Crippen LogP contribution is -2.28. The van der Waals surface area contributed by atoms with Crippen LogP contribution in [0.3, 0.4) is 0 Å². The highest BCUT2D eigenvalue weighted by atomic mass is 35.5. The molecule has 166 valence electrons. The van der Waals surface area contributed by atoms with Gasteiger partial charge in [0.15, 0.2) is 0 Å². The molecule has 0 heterocycles. The Morgan fingerprint density at radius 2 is 1.69 bits per heavy atom. The average Bonchev–Trinajstić information content (AvgIpc) is 2.78. The van der Waals surface area contributed by atoms with Crippen molar-refractivity contribution in [2.24, 2.45) is 0 Å². The van der Waals surface area contributed by atoms with Crippen molar-refractivity contribution in [2.75, 3.05) is 18.4 Å². The number of hydrogen-bond acceptors (Lipinski definition) is 5. The van der Waals surface area contributed by atoms with E-state index in [0.29, 0.717) is 16.3 Å². The predicted molar refractivity (Wildman–Crippen MR) is 122 cm³/mol. The molecule has 3 rings (SSSR count). The number of anilines is 1. The minimum atomic E-state index is -3.95. The van der Waals surface area contributed by atoms with Crippen LogP contribution in [0.4, 0.5) is 11.4 Å². The Labute approximate surface area is 190 Å². The quantitative estimate of drug-likeness (QED) is 0.375. The van der Waals surface area contributed by atoms with Gasteiger partial charge in [-0.3, -0.25) is 19.2 Å². The molecule has 0 aromatic heterocycles. The molecule has 0 unspecified atom stereocenters. The number of carbonyl (C=O) groups is 1. The molecule has 1 amide bonds. The van der Waals surface area contributed by atoms with Gasteiger partial charge < -0.3 is 4.90 Å². The number of carbonyl (C=O) groups excluding carboxylic acids is 1. The highest BCUT2D eigenvalue weighted by Gasteiger charge is 2.24. The van der Waals surface area contributed by atoms with Crippen molar-refractivity contribution >= 4 is 38.9 Å². The lowest BCUT2D eigenvalue weighted by atomic mass is 10.1. The van der Waals surface area contributed by atoms with Crippen LogP contribution in [-0.4, -0.2) is 38.2 Å². The van der Waals surface area contributed by atoms with Crippen LogP contribution in [0.15, 0.2) is 77.7 Å². The third-order valence-corrected chi connectivity index (χ3v) is 6.87. The first-order valence-corrected chi connectivity index (χ1v) is 11.3. The van der Waals surface area contributed by atoms with Gasteiger partial charge in [-0.1, -0.05) is 41.9 Å². The Balaban J connectivity index is 1.86. The topological polar surface area (TPSA) is 101 Å². The SMILES string of the molecule is CN(Cc1ccccc1[N+](=O)[O-])C(=O)c1cccc(S(=O)(=O)N(C)c2cccc(Cl)c2)c1. The van der Waals surface area contributed by atoms with Gasteiger partial charge in [-0.05, 0) is 36.4 Å². The minimum Gasteiger partial charge on any atom is -0.337 e. The first kappa shape index (κ1) is 23.2. The van der Waals surface area contributed by atoms with E-state index in [1.54, 1.807) is 36.4 Å². The van der Waals surface area contributed by atoms with Crippen molar-refractivity contribution in [2.45, 2.75) is 11.4 Å². The number of nitrogens with zero attached hydrogens (tertiary/aromatic N) is 3. The summed E-state index contributed by atoms with van der Waals surface area (Å²) in [5.41, 5.74) is 0.804. The third kappa shape index (κ3) is 4.90. The number of rotatable bonds is 7. The standard InChI is InChI=1S/C22H20ClN3O5S/c1-24(15-17-7-3-4-12-21(17)26(28)29)22(27)16-8-5-11-20(13-16)32(30,31)25(2)19-10-6-9-18(23)14-19/h3-14H,15H2,1-2H3. The molecule has 0 aliphatic heterocycles. The summed E-state index contributed by atoms with van der Waals surface area (Å²) < 4.78 is 27.2. The van der Waals surface area contributed by atoms with Gasteiger partial charge in [-0.2, -0.15) is 0 Å². The molecule has 10 heteroatoms. The molecule has 8 nitrogen and oxygen atoms in total. The zero-order chi connectivity index (χ0) is 23.5. The van der Waals surface area contributed by atoms with Gasteiger partial charge in [0, 0.05) is 36.3 Å². The van der Waals surface area contributed by atoms with Crippen molar-refractivity contribution in [3.8, 4) is 0 Å². The van der Waals surface area contributed by atoms with E-state index in [9.17, 15) is 23.3 Å². The molecule has 32 heavy (non-hydrogen) atoms. The second kappa shape index (κ2) is 9.37. The molecule has 3 aromatic carbocycles. The second-order valence-electron chi connectivity index (χ2n) is 7.03. The molecule has 0 bridgehead atoms. The van der Waals surface area contributed by atoms with Crippen LogP contribution in [0.1, 0.15) is 15.9 Å². The maximum atomic E-state index is 13.1. The fraction of sp³-hybridized carbons (Fsp3) is 0.136. The van der Waals surface area contributed by atoms with Gasteiger partial charge in [0.2, 0.25) is 0 Å². The summed E-state index contributed by atoms with van der Waals surface area (Å²) in [6.45, 7) is -0.00458. The zero-order valence-corrected chi connectivity index (χ0v) is 18.9.